The fourth-order valence-electron chi connectivity index (χ4n) is 2.67. The fraction of sp³-hybridized carbons (Fsp3) is 0.412. The number of halogens is 1. The standard InChI is InChI=1S/C17H22ClN5O/c1-12-10-14(15(24-3)11-13(12)18)20-17-19-5-4-16(21-17)23-8-6-22(2)7-9-23/h4-5,10-11H,6-9H2,1-3H3,(H,19,20,21). The van der Waals surface area contributed by atoms with Gasteiger partial charge in [-0.3, -0.25) is 0 Å². The van der Waals surface area contributed by atoms with Gasteiger partial charge in [0.1, 0.15) is 11.6 Å². The van der Waals surface area contributed by atoms with Crippen LogP contribution in [0.15, 0.2) is 24.4 Å². The summed E-state index contributed by atoms with van der Waals surface area (Å²) in [5.41, 5.74) is 1.77. The Bertz CT molecular complexity index is 716. The number of nitrogens with one attached hydrogen (secondary N) is 1. The highest BCUT2D eigenvalue weighted by Gasteiger charge is 2.16. The number of anilines is 3. The summed E-state index contributed by atoms with van der Waals surface area (Å²) < 4.78 is 5.39. The first-order valence-electron chi connectivity index (χ1n) is 7.94. The SMILES string of the molecule is COc1cc(Cl)c(C)cc1Nc1nccc(N2CCN(C)CC2)n1. The van der Waals surface area contributed by atoms with Crippen LogP contribution in [0.4, 0.5) is 17.5 Å². The van der Waals surface area contributed by atoms with Crippen molar-refractivity contribution in [3.05, 3.63) is 35.0 Å². The molecule has 128 valence electrons. The minimum absolute atomic E-state index is 0.548. The van der Waals surface area contributed by atoms with E-state index >= 15 is 0 Å². The van der Waals surface area contributed by atoms with Crippen molar-refractivity contribution >= 4 is 29.1 Å². The second-order valence-electron chi connectivity index (χ2n) is 5.96. The first-order chi connectivity index (χ1) is 11.6. The Kier molecular flexibility index (Phi) is 5.06. The normalized spacial score (nSPS) is 15.4. The van der Waals surface area contributed by atoms with Gasteiger partial charge in [0.05, 0.1) is 12.8 Å². The molecule has 1 aliphatic rings. The van der Waals surface area contributed by atoms with E-state index in [-0.39, 0.29) is 0 Å². The van der Waals surface area contributed by atoms with Gasteiger partial charge in [-0.15, -0.1) is 0 Å². The summed E-state index contributed by atoms with van der Waals surface area (Å²) in [6.07, 6.45) is 1.78. The first-order valence-corrected chi connectivity index (χ1v) is 8.32. The molecule has 1 N–H and O–H groups in total. The lowest BCUT2D eigenvalue weighted by Crippen LogP contribution is -2.44. The lowest BCUT2D eigenvalue weighted by Gasteiger charge is -2.33. The van der Waals surface area contributed by atoms with E-state index in [0.29, 0.717) is 16.7 Å². The van der Waals surface area contributed by atoms with Crippen LogP contribution < -0.4 is 15.0 Å². The van der Waals surface area contributed by atoms with E-state index in [1.54, 1.807) is 19.4 Å². The van der Waals surface area contributed by atoms with Crippen molar-refractivity contribution in [1.29, 1.82) is 0 Å². The lowest BCUT2D eigenvalue weighted by atomic mass is 10.2. The molecule has 2 aromatic rings. The predicted molar refractivity (Wildman–Crippen MR) is 97.8 cm³/mol. The van der Waals surface area contributed by atoms with Crippen molar-refractivity contribution in [3.63, 3.8) is 0 Å². The van der Waals surface area contributed by atoms with E-state index in [2.05, 4.69) is 32.1 Å². The van der Waals surface area contributed by atoms with Crippen molar-refractivity contribution in [3.8, 4) is 5.75 Å². The topological polar surface area (TPSA) is 53.5 Å². The zero-order chi connectivity index (χ0) is 17.1. The summed E-state index contributed by atoms with van der Waals surface area (Å²) in [5.74, 6) is 2.15. The van der Waals surface area contributed by atoms with E-state index < -0.39 is 0 Å². The maximum Gasteiger partial charge on any atom is 0.229 e. The van der Waals surface area contributed by atoms with Gasteiger partial charge in [-0.05, 0) is 31.7 Å². The van der Waals surface area contributed by atoms with Gasteiger partial charge >= 0.3 is 0 Å². The maximum atomic E-state index is 6.16. The Hall–Kier alpha value is -2.05. The summed E-state index contributed by atoms with van der Waals surface area (Å²) in [6.45, 7) is 5.97. The van der Waals surface area contributed by atoms with Crippen LogP contribution in [0.2, 0.25) is 5.02 Å². The molecule has 0 spiro atoms. The molecule has 1 fully saturated rings. The third-order valence-electron chi connectivity index (χ3n) is 4.20. The average Bonchev–Trinajstić information content (AvgIpc) is 2.59. The van der Waals surface area contributed by atoms with Gasteiger partial charge in [-0.25, -0.2) is 4.98 Å². The molecule has 1 aromatic heterocycles. The molecule has 24 heavy (non-hydrogen) atoms. The molecule has 7 heteroatoms. The number of benzene rings is 1. The molecule has 6 nitrogen and oxygen atoms in total. The van der Waals surface area contributed by atoms with Crippen LogP contribution >= 0.6 is 11.6 Å². The molecule has 1 aliphatic heterocycles. The molecule has 0 atom stereocenters. The third kappa shape index (κ3) is 3.71. The number of ether oxygens (including phenoxy) is 1. The molecular weight excluding hydrogens is 326 g/mol. The number of piperazine rings is 1. The van der Waals surface area contributed by atoms with Crippen LogP contribution in [-0.4, -0.2) is 55.2 Å². The van der Waals surface area contributed by atoms with Gasteiger partial charge in [0.25, 0.3) is 0 Å². The maximum absolute atomic E-state index is 6.16. The highest BCUT2D eigenvalue weighted by molar-refractivity contribution is 6.31. The number of rotatable bonds is 4. The third-order valence-corrected chi connectivity index (χ3v) is 4.60. The van der Waals surface area contributed by atoms with E-state index in [1.807, 2.05) is 19.1 Å². The molecule has 0 aliphatic carbocycles. The highest BCUT2D eigenvalue weighted by Crippen LogP contribution is 2.32. The fourth-order valence-corrected chi connectivity index (χ4v) is 2.83. The minimum atomic E-state index is 0.548. The number of likely N-dealkylation sites (N-methyl/N-ethyl adjacent to an activating group) is 1. The molecule has 0 bridgehead atoms. The van der Waals surface area contributed by atoms with Gasteiger partial charge in [0, 0.05) is 43.5 Å². The highest BCUT2D eigenvalue weighted by atomic mass is 35.5. The molecule has 0 saturated carbocycles. The van der Waals surface area contributed by atoms with E-state index in [9.17, 15) is 0 Å². The summed E-state index contributed by atoms with van der Waals surface area (Å²) in [7, 11) is 3.76. The molecule has 0 radical (unpaired) electrons. The van der Waals surface area contributed by atoms with Crippen LogP contribution in [-0.2, 0) is 0 Å². The van der Waals surface area contributed by atoms with Crippen molar-refractivity contribution in [1.82, 2.24) is 14.9 Å². The van der Waals surface area contributed by atoms with Crippen LogP contribution in [0.25, 0.3) is 0 Å². The van der Waals surface area contributed by atoms with Gasteiger partial charge in [-0.1, -0.05) is 11.6 Å². The Morgan fingerprint density at radius 1 is 1.21 bits per heavy atom. The summed E-state index contributed by atoms with van der Waals surface area (Å²) >= 11 is 6.16. The number of aryl methyl sites for hydroxylation is 1. The van der Waals surface area contributed by atoms with Crippen molar-refractivity contribution in [2.75, 3.05) is 50.6 Å². The number of hydrogen-bond donors (Lipinski definition) is 1. The molecule has 3 rings (SSSR count). The first kappa shape index (κ1) is 16.8. The second-order valence-corrected chi connectivity index (χ2v) is 6.36. The Morgan fingerprint density at radius 3 is 2.67 bits per heavy atom. The van der Waals surface area contributed by atoms with Crippen molar-refractivity contribution in [2.24, 2.45) is 0 Å². The van der Waals surface area contributed by atoms with Crippen molar-refractivity contribution in [2.45, 2.75) is 6.92 Å². The van der Waals surface area contributed by atoms with Crippen LogP contribution in [0.1, 0.15) is 5.56 Å². The molecule has 1 aromatic carbocycles. The van der Waals surface area contributed by atoms with Gasteiger partial charge in [0.15, 0.2) is 0 Å². The zero-order valence-corrected chi connectivity index (χ0v) is 15.0. The molecule has 0 unspecified atom stereocenters. The quantitative estimate of drug-likeness (QED) is 0.917. The second kappa shape index (κ2) is 7.23. The van der Waals surface area contributed by atoms with Crippen molar-refractivity contribution < 1.29 is 4.74 Å². The summed E-state index contributed by atoms with van der Waals surface area (Å²) in [4.78, 5) is 13.6. The largest absolute Gasteiger partial charge is 0.495 e. The average molecular weight is 348 g/mol. The minimum Gasteiger partial charge on any atom is -0.495 e. The molecule has 2 heterocycles. The van der Waals surface area contributed by atoms with Gasteiger partial charge < -0.3 is 19.9 Å². The Balaban J connectivity index is 1.81. The molecule has 0 amide bonds. The summed E-state index contributed by atoms with van der Waals surface area (Å²) in [5, 5.41) is 3.91. The Labute approximate surface area is 147 Å². The van der Waals surface area contributed by atoms with Crippen LogP contribution in [0.3, 0.4) is 0 Å². The smallest absolute Gasteiger partial charge is 0.229 e. The van der Waals surface area contributed by atoms with Crippen LogP contribution in [0.5, 0.6) is 5.75 Å². The monoisotopic (exact) mass is 347 g/mol. The predicted octanol–water partition coefficient (Wildman–Crippen LogP) is 2.94. The number of nitrogens with zero attached hydrogens (tertiary/aromatic N) is 4. The zero-order valence-electron chi connectivity index (χ0n) is 14.2. The Morgan fingerprint density at radius 2 is 1.96 bits per heavy atom. The van der Waals surface area contributed by atoms with Gasteiger partial charge in [-0.2, -0.15) is 4.98 Å². The van der Waals surface area contributed by atoms with E-state index in [1.165, 1.54) is 0 Å². The van der Waals surface area contributed by atoms with Crippen LogP contribution in [0, 0.1) is 6.92 Å². The number of aromatic nitrogens is 2. The lowest BCUT2D eigenvalue weighted by molar-refractivity contribution is 0.312. The van der Waals surface area contributed by atoms with Gasteiger partial charge in [0.2, 0.25) is 5.95 Å². The van der Waals surface area contributed by atoms with E-state index in [4.69, 9.17) is 16.3 Å². The number of methoxy groups -OCH3 is 1. The summed E-state index contributed by atoms with van der Waals surface area (Å²) in [6, 6.07) is 5.68. The molecule has 1 saturated heterocycles. The number of hydrogen-bond acceptors (Lipinski definition) is 6. The molecular formula is C17H22ClN5O. The van der Waals surface area contributed by atoms with E-state index in [0.717, 1.165) is 43.2 Å².